The van der Waals surface area contributed by atoms with Crippen molar-refractivity contribution < 1.29 is 13.0 Å². The Bertz CT molecular complexity index is 382. The minimum absolute atomic E-state index is 0.125. The normalized spacial score (nSPS) is 17.1. The fourth-order valence-corrected chi connectivity index (χ4v) is 2.31. The predicted molar refractivity (Wildman–Crippen MR) is 55.9 cm³/mol. The molecule has 0 aliphatic carbocycles. The van der Waals surface area contributed by atoms with Gasteiger partial charge in [0.2, 0.25) is 0 Å². The molecular formula is C10H13F2NOS. The van der Waals surface area contributed by atoms with Crippen molar-refractivity contribution >= 4 is 10.8 Å². The zero-order valence-electron chi connectivity index (χ0n) is 8.54. The van der Waals surface area contributed by atoms with Crippen LogP contribution in [-0.2, 0) is 10.8 Å². The Labute approximate surface area is 89.9 Å². The third-order valence-electron chi connectivity index (χ3n) is 2.19. The second-order valence-electron chi connectivity index (χ2n) is 3.44. The van der Waals surface area contributed by atoms with Crippen LogP contribution in [0.2, 0.25) is 0 Å². The summed E-state index contributed by atoms with van der Waals surface area (Å²) in [5.74, 6) is -1.26. The third kappa shape index (κ3) is 2.82. The summed E-state index contributed by atoms with van der Waals surface area (Å²) in [6.07, 6.45) is 0. The highest BCUT2D eigenvalue weighted by Crippen LogP contribution is 2.18. The monoisotopic (exact) mass is 233 g/mol. The lowest BCUT2D eigenvalue weighted by Crippen LogP contribution is -2.32. The van der Waals surface area contributed by atoms with Crippen molar-refractivity contribution in [2.45, 2.75) is 30.0 Å². The lowest BCUT2D eigenvalue weighted by molar-refractivity contribution is 0.568. The zero-order valence-corrected chi connectivity index (χ0v) is 9.35. The highest BCUT2D eigenvalue weighted by atomic mass is 32.2. The average molecular weight is 233 g/mol. The predicted octanol–water partition coefficient (Wildman–Crippen LogP) is 1.81. The van der Waals surface area contributed by atoms with Crippen LogP contribution in [0.5, 0.6) is 0 Å². The van der Waals surface area contributed by atoms with E-state index in [0.717, 1.165) is 18.2 Å². The molecule has 2 N–H and O–H groups in total. The van der Waals surface area contributed by atoms with Crippen molar-refractivity contribution in [3.8, 4) is 0 Å². The third-order valence-corrected chi connectivity index (χ3v) is 4.04. The molecule has 0 aromatic heterocycles. The van der Waals surface area contributed by atoms with Gasteiger partial charge >= 0.3 is 0 Å². The van der Waals surface area contributed by atoms with Crippen LogP contribution in [0.1, 0.15) is 13.8 Å². The van der Waals surface area contributed by atoms with Crippen LogP contribution >= 0.6 is 0 Å². The molecule has 3 atom stereocenters. The van der Waals surface area contributed by atoms with E-state index in [1.165, 1.54) is 0 Å². The van der Waals surface area contributed by atoms with Crippen molar-refractivity contribution in [3.05, 3.63) is 29.8 Å². The zero-order chi connectivity index (χ0) is 11.6. The minimum Gasteiger partial charge on any atom is -0.327 e. The van der Waals surface area contributed by atoms with Crippen LogP contribution in [0.25, 0.3) is 0 Å². The Morgan fingerprint density at radius 3 is 2.47 bits per heavy atom. The average Bonchev–Trinajstić information content (AvgIpc) is 2.19. The molecule has 0 saturated heterocycles. The molecule has 3 unspecified atom stereocenters. The summed E-state index contributed by atoms with van der Waals surface area (Å²) in [7, 11) is -1.62. The van der Waals surface area contributed by atoms with Crippen LogP contribution in [0.3, 0.4) is 0 Å². The van der Waals surface area contributed by atoms with E-state index in [9.17, 15) is 13.0 Å². The van der Waals surface area contributed by atoms with E-state index >= 15 is 0 Å². The molecular weight excluding hydrogens is 220 g/mol. The van der Waals surface area contributed by atoms with E-state index in [1.807, 2.05) is 0 Å². The summed E-state index contributed by atoms with van der Waals surface area (Å²) in [6, 6.07) is 2.57. The first-order valence-electron chi connectivity index (χ1n) is 4.54. The smallest absolute Gasteiger partial charge is 0.139 e. The molecule has 0 spiro atoms. The molecule has 84 valence electrons. The topological polar surface area (TPSA) is 43.1 Å². The van der Waals surface area contributed by atoms with E-state index in [-0.39, 0.29) is 10.9 Å². The molecule has 1 rings (SSSR count). The first-order chi connectivity index (χ1) is 6.93. The number of hydrogen-bond acceptors (Lipinski definition) is 2. The summed E-state index contributed by atoms with van der Waals surface area (Å²) >= 11 is 0. The van der Waals surface area contributed by atoms with Crippen molar-refractivity contribution in [3.63, 3.8) is 0 Å². The Hall–Kier alpha value is -0.810. The maximum absolute atomic E-state index is 13.2. The molecule has 0 radical (unpaired) electrons. The van der Waals surface area contributed by atoms with E-state index < -0.39 is 27.7 Å². The van der Waals surface area contributed by atoms with Gasteiger partial charge in [-0.05, 0) is 32.0 Å². The number of benzene rings is 1. The lowest BCUT2D eigenvalue weighted by Gasteiger charge is -2.15. The second kappa shape index (κ2) is 4.81. The van der Waals surface area contributed by atoms with Crippen molar-refractivity contribution in [2.24, 2.45) is 5.73 Å². The Morgan fingerprint density at radius 2 is 1.93 bits per heavy atom. The molecule has 0 bridgehead atoms. The van der Waals surface area contributed by atoms with Crippen LogP contribution < -0.4 is 5.73 Å². The lowest BCUT2D eigenvalue weighted by atomic mass is 10.3. The van der Waals surface area contributed by atoms with Crippen molar-refractivity contribution in [1.29, 1.82) is 0 Å². The fraction of sp³-hybridized carbons (Fsp3) is 0.400. The van der Waals surface area contributed by atoms with Gasteiger partial charge in [0, 0.05) is 6.04 Å². The maximum Gasteiger partial charge on any atom is 0.139 e. The highest BCUT2D eigenvalue weighted by Gasteiger charge is 2.20. The van der Waals surface area contributed by atoms with Gasteiger partial charge in [-0.3, -0.25) is 4.21 Å². The van der Waals surface area contributed by atoms with Crippen molar-refractivity contribution in [2.75, 3.05) is 0 Å². The summed E-state index contributed by atoms with van der Waals surface area (Å²) in [6.45, 7) is 3.32. The number of rotatable bonds is 3. The summed E-state index contributed by atoms with van der Waals surface area (Å²) in [4.78, 5) is -0.125. The molecule has 15 heavy (non-hydrogen) atoms. The van der Waals surface area contributed by atoms with Crippen LogP contribution in [0.4, 0.5) is 8.78 Å². The molecule has 1 aromatic carbocycles. The summed E-state index contributed by atoms with van der Waals surface area (Å²) in [5.41, 5.74) is 5.55. The first kappa shape index (κ1) is 12.3. The Morgan fingerprint density at radius 1 is 1.33 bits per heavy atom. The minimum atomic E-state index is -1.62. The molecule has 0 heterocycles. The highest BCUT2D eigenvalue weighted by molar-refractivity contribution is 7.85. The quantitative estimate of drug-likeness (QED) is 0.865. The van der Waals surface area contributed by atoms with E-state index in [4.69, 9.17) is 5.73 Å². The van der Waals surface area contributed by atoms with Crippen LogP contribution in [0, 0.1) is 11.6 Å². The van der Waals surface area contributed by atoms with E-state index in [2.05, 4.69) is 0 Å². The molecule has 0 amide bonds. The van der Waals surface area contributed by atoms with E-state index in [0.29, 0.717) is 0 Å². The second-order valence-corrected chi connectivity index (χ2v) is 5.21. The van der Waals surface area contributed by atoms with Crippen LogP contribution in [0.15, 0.2) is 23.1 Å². The van der Waals surface area contributed by atoms with Gasteiger partial charge in [0.25, 0.3) is 0 Å². The SMILES string of the molecule is CC(N)C(C)S(=O)c1cc(F)ccc1F. The van der Waals surface area contributed by atoms with Crippen LogP contribution in [-0.4, -0.2) is 15.5 Å². The number of halogens is 2. The summed E-state index contributed by atoms with van der Waals surface area (Å²) < 4.78 is 37.9. The Balaban J connectivity index is 3.05. The van der Waals surface area contributed by atoms with Gasteiger partial charge in [-0.25, -0.2) is 8.78 Å². The van der Waals surface area contributed by atoms with Gasteiger partial charge in [0.1, 0.15) is 11.6 Å². The first-order valence-corrected chi connectivity index (χ1v) is 5.76. The van der Waals surface area contributed by atoms with Gasteiger partial charge in [0.15, 0.2) is 0 Å². The molecule has 1 aromatic rings. The maximum atomic E-state index is 13.2. The molecule has 2 nitrogen and oxygen atoms in total. The van der Waals surface area contributed by atoms with Gasteiger partial charge < -0.3 is 5.73 Å². The molecule has 0 aliphatic rings. The van der Waals surface area contributed by atoms with Crippen molar-refractivity contribution in [1.82, 2.24) is 0 Å². The number of hydrogen-bond donors (Lipinski definition) is 1. The Kier molecular flexibility index (Phi) is 3.93. The van der Waals surface area contributed by atoms with E-state index in [1.54, 1.807) is 13.8 Å². The number of nitrogens with two attached hydrogens (primary N) is 1. The largest absolute Gasteiger partial charge is 0.327 e. The molecule has 0 fully saturated rings. The molecule has 0 saturated carbocycles. The van der Waals surface area contributed by atoms with Gasteiger partial charge in [-0.15, -0.1) is 0 Å². The molecule has 0 aliphatic heterocycles. The summed E-state index contributed by atoms with van der Waals surface area (Å²) in [5, 5.41) is -0.415. The van der Waals surface area contributed by atoms with Gasteiger partial charge in [-0.2, -0.15) is 0 Å². The van der Waals surface area contributed by atoms with Gasteiger partial charge in [0.05, 0.1) is 20.9 Å². The standard InChI is InChI=1S/C10H13F2NOS/c1-6(13)7(2)15(14)10-5-8(11)3-4-9(10)12/h3-7H,13H2,1-2H3. The van der Waals surface area contributed by atoms with Gasteiger partial charge in [-0.1, -0.05) is 0 Å². The fourth-order valence-electron chi connectivity index (χ4n) is 1.03. The molecule has 5 heteroatoms.